The number of ether oxygens (including phenoxy) is 1. The zero-order chi connectivity index (χ0) is 21.8. The van der Waals surface area contributed by atoms with Crippen LogP contribution in [0.4, 0.5) is 5.69 Å². The highest BCUT2D eigenvalue weighted by Gasteiger charge is 2.34. The molecule has 1 unspecified atom stereocenters. The second-order valence-corrected chi connectivity index (χ2v) is 7.40. The molecule has 1 saturated heterocycles. The van der Waals surface area contributed by atoms with E-state index in [4.69, 9.17) is 4.74 Å². The Labute approximate surface area is 179 Å². The number of anilines is 1. The lowest BCUT2D eigenvalue weighted by Crippen LogP contribution is -2.38. The maximum atomic E-state index is 12.5. The second-order valence-electron chi connectivity index (χ2n) is 7.40. The van der Waals surface area contributed by atoms with Crippen LogP contribution in [0.5, 0.6) is 5.75 Å². The van der Waals surface area contributed by atoms with E-state index >= 15 is 0 Å². The first-order valence-corrected chi connectivity index (χ1v) is 10.1. The van der Waals surface area contributed by atoms with Crippen LogP contribution in [0.25, 0.3) is 10.9 Å². The third-order valence-corrected chi connectivity index (χ3v) is 5.42. The van der Waals surface area contributed by atoms with Crippen LogP contribution >= 0.6 is 0 Å². The van der Waals surface area contributed by atoms with E-state index < -0.39 is 5.92 Å². The molecule has 1 aliphatic heterocycles. The van der Waals surface area contributed by atoms with Gasteiger partial charge in [0.1, 0.15) is 5.75 Å². The third kappa shape index (κ3) is 4.37. The summed E-state index contributed by atoms with van der Waals surface area (Å²) >= 11 is 0. The van der Waals surface area contributed by atoms with Crippen molar-refractivity contribution in [2.45, 2.75) is 6.42 Å². The maximum absolute atomic E-state index is 12.5. The van der Waals surface area contributed by atoms with E-state index in [1.807, 2.05) is 24.3 Å². The summed E-state index contributed by atoms with van der Waals surface area (Å²) in [6, 6.07) is 14.7. The number of methoxy groups -OCH3 is 1. The fraction of sp³-hybridized carbons (Fsp3) is 0.261. The summed E-state index contributed by atoms with van der Waals surface area (Å²) in [5.74, 6) is -0.185. The Morgan fingerprint density at radius 3 is 2.61 bits per heavy atom. The van der Waals surface area contributed by atoms with Gasteiger partial charge in [-0.05, 0) is 30.3 Å². The zero-order valence-electron chi connectivity index (χ0n) is 17.2. The first-order valence-electron chi connectivity index (χ1n) is 10.1. The van der Waals surface area contributed by atoms with Crippen molar-refractivity contribution in [1.29, 1.82) is 0 Å². The van der Waals surface area contributed by atoms with Crippen LogP contribution in [-0.2, 0) is 9.59 Å². The number of nitrogens with one attached hydrogen (secondary N) is 3. The summed E-state index contributed by atoms with van der Waals surface area (Å²) in [5, 5.41) is 6.48. The van der Waals surface area contributed by atoms with E-state index in [-0.39, 0.29) is 24.1 Å². The maximum Gasteiger partial charge on any atom is 0.253 e. The minimum Gasteiger partial charge on any atom is -0.497 e. The van der Waals surface area contributed by atoms with Crippen LogP contribution in [0.2, 0.25) is 0 Å². The Kier molecular flexibility index (Phi) is 5.88. The van der Waals surface area contributed by atoms with Gasteiger partial charge in [0, 0.05) is 48.8 Å². The standard InChI is InChI=1S/C23H24N4O4/c1-31-17-8-6-16(7-9-17)27-14-15(12-21(27)28)22(29)24-10-11-25-23(30)19-13-26-20-5-3-2-4-18(19)20/h2-9,13,15,26H,10-12,14H2,1H3,(H,24,29)(H,25,30). The SMILES string of the molecule is COc1ccc(N2CC(C(=O)NCCNC(=O)c3c[nH]c4ccccc34)CC2=O)cc1. The fourth-order valence-electron chi connectivity index (χ4n) is 3.76. The van der Waals surface area contributed by atoms with Crippen LogP contribution in [0.3, 0.4) is 0 Å². The van der Waals surface area contributed by atoms with Crippen LogP contribution in [-0.4, -0.2) is 49.4 Å². The van der Waals surface area contributed by atoms with Crippen molar-refractivity contribution in [3.63, 3.8) is 0 Å². The highest BCUT2D eigenvalue weighted by molar-refractivity contribution is 6.06. The molecule has 1 aromatic heterocycles. The summed E-state index contributed by atoms with van der Waals surface area (Å²) in [6.45, 7) is 0.922. The average Bonchev–Trinajstić information content (AvgIpc) is 3.40. The van der Waals surface area contributed by atoms with Gasteiger partial charge < -0.3 is 25.3 Å². The van der Waals surface area contributed by atoms with E-state index in [2.05, 4.69) is 15.6 Å². The smallest absolute Gasteiger partial charge is 0.253 e. The minimum absolute atomic E-state index is 0.0852. The average molecular weight is 420 g/mol. The molecule has 0 bridgehead atoms. The lowest BCUT2D eigenvalue weighted by molar-refractivity contribution is -0.126. The Hall–Kier alpha value is -3.81. The number of benzene rings is 2. The summed E-state index contributed by atoms with van der Waals surface area (Å²) in [5.41, 5.74) is 2.21. The number of carbonyl (C=O) groups excluding carboxylic acids is 3. The number of aromatic amines is 1. The lowest BCUT2D eigenvalue weighted by Gasteiger charge is -2.17. The van der Waals surface area contributed by atoms with Crippen LogP contribution in [0.15, 0.2) is 54.7 Å². The Balaban J connectivity index is 1.25. The molecule has 1 atom stereocenters. The van der Waals surface area contributed by atoms with E-state index in [1.165, 1.54) is 0 Å². The number of amides is 3. The molecule has 0 radical (unpaired) electrons. The number of nitrogens with zero attached hydrogens (tertiary/aromatic N) is 1. The molecule has 1 aliphatic rings. The van der Waals surface area contributed by atoms with Crippen molar-refractivity contribution >= 4 is 34.3 Å². The molecule has 3 amide bonds. The fourth-order valence-corrected chi connectivity index (χ4v) is 3.76. The molecule has 8 nitrogen and oxygen atoms in total. The normalized spacial score (nSPS) is 15.8. The van der Waals surface area contributed by atoms with Crippen molar-refractivity contribution in [3.8, 4) is 5.75 Å². The van der Waals surface area contributed by atoms with Crippen molar-refractivity contribution in [1.82, 2.24) is 15.6 Å². The van der Waals surface area contributed by atoms with Gasteiger partial charge in [0.2, 0.25) is 11.8 Å². The molecule has 160 valence electrons. The van der Waals surface area contributed by atoms with Gasteiger partial charge in [0.25, 0.3) is 5.91 Å². The molecule has 8 heteroatoms. The number of rotatable bonds is 7. The topological polar surface area (TPSA) is 104 Å². The molecule has 3 aromatic rings. The van der Waals surface area contributed by atoms with Crippen LogP contribution in [0, 0.1) is 5.92 Å². The van der Waals surface area contributed by atoms with Crippen molar-refractivity contribution in [2.75, 3.05) is 31.6 Å². The van der Waals surface area contributed by atoms with Crippen LogP contribution < -0.4 is 20.3 Å². The van der Waals surface area contributed by atoms with Gasteiger partial charge in [-0.25, -0.2) is 0 Å². The van der Waals surface area contributed by atoms with E-state index in [9.17, 15) is 14.4 Å². The van der Waals surface area contributed by atoms with Gasteiger partial charge in [-0.1, -0.05) is 18.2 Å². The van der Waals surface area contributed by atoms with E-state index in [0.717, 1.165) is 16.6 Å². The lowest BCUT2D eigenvalue weighted by atomic mass is 10.1. The molecule has 1 fully saturated rings. The molecule has 2 heterocycles. The van der Waals surface area contributed by atoms with Crippen molar-refractivity contribution in [3.05, 3.63) is 60.3 Å². The molecular formula is C23H24N4O4. The molecule has 31 heavy (non-hydrogen) atoms. The summed E-state index contributed by atoms with van der Waals surface area (Å²) < 4.78 is 5.14. The summed E-state index contributed by atoms with van der Waals surface area (Å²) in [4.78, 5) is 41.9. The highest BCUT2D eigenvalue weighted by Crippen LogP contribution is 2.26. The minimum atomic E-state index is -0.418. The first kappa shape index (κ1) is 20.5. The number of fused-ring (bicyclic) bond motifs is 1. The Bertz CT molecular complexity index is 1110. The van der Waals surface area contributed by atoms with Gasteiger partial charge in [0.05, 0.1) is 18.6 Å². The largest absolute Gasteiger partial charge is 0.497 e. The Morgan fingerprint density at radius 2 is 1.84 bits per heavy atom. The van der Waals surface area contributed by atoms with E-state index in [1.54, 1.807) is 42.5 Å². The van der Waals surface area contributed by atoms with Crippen molar-refractivity contribution in [2.24, 2.45) is 5.92 Å². The number of aromatic nitrogens is 1. The molecule has 2 aromatic carbocycles. The summed E-state index contributed by atoms with van der Waals surface area (Å²) in [7, 11) is 1.58. The molecule has 3 N–H and O–H groups in total. The molecule has 0 aliphatic carbocycles. The van der Waals surface area contributed by atoms with Gasteiger partial charge in [0.15, 0.2) is 0 Å². The van der Waals surface area contributed by atoms with Crippen molar-refractivity contribution < 1.29 is 19.1 Å². The molecule has 4 rings (SSSR count). The molecule has 0 spiro atoms. The monoisotopic (exact) mass is 420 g/mol. The summed E-state index contributed by atoms with van der Waals surface area (Å²) in [6.07, 6.45) is 1.84. The van der Waals surface area contributed by atoms with E-state index in [0.29, 0.717) is 30.9 Å². The first-order chi connectivity index (χ1) is 15.1. The van der Waals surface area contributed by atoms with Gasteiger partial charge in [-0.3, -0.25) is 14.4 Å². The predicted octanol–water partition coefficient (Wildman–Crippen LogP) is 2.08. The van der Waals surface area contributed by atoms with Crippen LogP contribution in [0.1, 0.15) is 16.8 Å². The molecular weight excluding hydrogens is 396 g/mol. The number of carbonyl (C=O) groups is 3. The van der Waals surface area contributed by atoms with Gasteiger partial charge in [-0.2, -0.15) is 0 Å². The number of hydrogen-bond acceptors (Lipinski definition) is 4. The van der Waals surface area contributed by atoms with Gasteiger partial charge >= 0.3 is 0 Å². The Morgan fingerprint density at radius 1 is 1.10 bits per heavy atom. The predicted molar refractivity (Wildman–Crippen MR) is 117 cm³/mol. The molecule has 0 saturated carbocycles. The van der Waals surface area contributed by atoms with Gasteiger partial charge in [-0.15, -0.1) is 0 Å². The third-order valence-electron chi connectivity index (χ3n) is 5.42. The number of para-hydroxylation sites is 1. The number of hydrogen-bond donors (Lipinski definition) is 3. The number of H-pyrrole nitrogens is 1. The highest BCUT2D eigenvalue weighted by atomic mass is 16.5. The zero-order valence-corrected chi connectivity index (χ0v) is 17.2. The second kappa shape index (κ2) is 8.91. The quantitative estimate of drug-likeness (QED) is 0.509.